The standard InChI is InChI=1S/C27H21ClN4O4/c28-21-13-12-16(24-17-7-1-2-8-18(17)25(34)31-30-24)15-22(21)29-23(33)11-5-6-14-32-26(35)19-9-3-4-10-20(19)27(32)36/h1-4,7-10,12-13,15H,5-6,11,14H2,(H,29,33)(H,31,34). The Morgan fingerprint density at radius 2 is 1.56 bits per heavy atom. The third-order valence-corrected chi connectivity index (χ3v) is 6.45. The normalized spacial score (nSPS) is 12.8. The quantitative estimate of drug-likeness (QED) is 0.283. The van der Waals surface area contributed by atoms with E-state index in [0.29, 0.717) is 56.7 Å². The summed E-state index contributed by atoms with van der Waals surface area (Å²) < 4.78 is 0. The van der Waals surface area contributed by atoms with Crippen molar-refractivity contribution in [3.8, 4) is 11.3 Å². The second-order valence-electron chi connectivity index (χ2n) is 8.45. The summed E-state index contributed by atoms with van der Waals surface area (Å²) in [5.41, 5.74) is 2.24. The van der Waals surface area contributed by atoms with E-state index < -0.39 is 0 Å². The lowest BCUT2D eigenvalue weighted by molar-refractivity contribution is -0.116. The predicted molar refractivity (Wildman–Crippen MR) is 137 cm³/mol. The first-order valence-electron chi connectivity index (χ1n) is 11.5. The Kier molecular flexibility index (Phi) is 6.35. The molecule has 0 bridgehead atoms. The number of unbranched alkanes of at least 4 members (excludes halogenated alkanes) is 1. The molecule has 3 amide bonds. The van der Waals surface area contributed by atoms with Gasteiger partial charge in [0, 0.05) is 23.9 Å². The highest BCUT2D eigenvalue weighted by Gasteiger charge is 2.34. The van der Waals surface area contributed by atoms with Crippen LogP contribution in [-0.4, -0.2) is 39.4 Å². The second-order valence-corrected chi connectivity index (χ2v) is 8.86. The van der Waals surface area contributed by atoms with Crippen molar-refractivity contribution in [2.75, 3.05) is 11.9 Å². The van der Waals surface area contributed by atoms with E-state index in [1.807, 2.05) is 12.1 Å². The number of imide groups is 1. The molecule has 0 saturated heterocycles. The number of halogens is 1. The molecule has 5 rings (SSSR count). The van der Waals surface area contributed by atoms with Gasteiger partial charge in [0.2, 0.25) is 5.91 Å². The molecular weight excluding hydrogens is 480 g/mol. The molecule has 0 radical (unpaired) electrons. The van der Waals surface area contributed by atoms with Crippen molar-refractivity contribution in [1.29, 1.82) is 0 Å². The molecule has 0 aliphatic carbocycles. The zero-order chi connectivity index (χ0) is 25.2. The van der Waals surface area contributed by atoms with E-state index in [1.54, 1.807) is 54.6 Å². The van der Waals surface area contributed by atoms with Gasteiger partial charge in [0.25, 0.3) is 17.4 Å². The zero-order valence-corrected chi connectivity index (χ0v) is 19.8. The van der Waals surface area contributed by atoms with Crippen LogP contribution in [0.15, 0.2) is 71.5 Å². The largest absolute Gasteiger partial charge is 0.325 e. The lowest BCUT2D eigenvalue weighted by Crippen LogP contribution is -2.30. The summed E-state index contributed by atoms with van der Waals surface area (Å²) in [4.78, 5) is 50.8. The van der Waals surface area contributed by atoms with Crippen LogP contribution in [0.3, 0.4) is 0 Å². The predicted octanol–water partition coefficient (Wildman–Crippen LogP) is 4.65. The fourth-order valence-electron chi connectivity index (χ4n) is 4.31. The minimum absolute atomic E-state index is 0.198. The summed E-state index contributed by atoms with van der Waals surface area (Å²) in [6, 6.07) is 19.0. The number of benzene rings is 3. The van der Waals surface area contributed by atoms with Crippen molar-refractivity contribution in [1.82, 2.24) is 15.1 Å². The molecule has 8 nitrogen and oxygen atoms in total. The van der Waals surface area contributed by atoms with Crippen LogP contribution >= 0.6 is 11.6 Å². The van der Waals surface area contributed by atoms with Crippen molar-refractivity contribution in [3.63, 3.8) is 0 Å². The fraction of sp³-hybridized carbons (Fsp3) is 0.148. The Morgan fingerprint density at radius 1 is 0.889 bits per heavy atom. The van der Waals surface area contributed by atoms with Gasteiger partial charge < -0.3 is 5.32 Å². The first-order valence-corrected chi connectivity index (χ1v) is 11.8. The molecular formula is C27H21ClN4O4. The van der Waals surface area contributed by atoms with Crippen LogP contribution in [0.5, 0.6) is 0 Å². The molecule has 0 spiro atoms. The average molecular weight is 501 g/mol. The van der Waals surface area contributed by atoms with Crippen molar-refractivity contribution in [3.05, 3.63) is 93.2 Å². The van der Waals surface area contributed by atoms with E-state index in [1.165, 1.54) is 4.90 Å². The second kappa shape index (κ2) is 9.75. The Morgan fingerprint density at radius 3 is 2.28 bits per heavy atom. The third kappa shape index (κ3) is 4.38. The fourth-order valence-corrected chi connectivity index (χ4v) is 4.48. The zero-order valence-electron chi connectivity index (χ0n) is 19.1. The monoisotopic (exact) mass is 500 g/mol. The molecule has 9 heteroatoms. The van der Waals surface area contributed by atoms with E-state index in [0.717, 1.165) is 0 Å². The van der Waals surface area contributed by atoms with Crippen molar-refractivity contribution >= 4 is 45.8 Å². The van der Waals surface area contributed by atoms with Crippen molar-refractivity contribution < 1.29 is 14.4 Å². The number of hydrogen-bond acceptors (Lipinski definition) is 5. The van der Waals surface area contributed by atoms with E-state index in [4.69, 9.17) is 11.6 Å². The molecule has 0 saturated carbocycles. The molecule has 1 aliphatic heterocycles. The van der Waals surface area contributed by atoms with Gasteiger partial charge in [0.05, 0.1) is 32.9 Å². The van der Waals surface area contributed by atoms with Crippen LogP contribution in [0.4, 0.5) is 5.69 Å². The number of rotatable bonds is 7. The van der Waals surface area contributed by atoms with Gasteiger partial charge in [-0.1, -0.05) is 48.0 Å². The molecule has 0 atom stereocenters. The van der Waals surface area contributed by atoms with Crippen LogP contribution in [0.1, 0.15) is 40.0 Å². The van der Waals surface area contributed by atoms with Crippen molar-refractivity contribution in [2.24, 2.45) is 0 Å². The van der Waals surface area contributed by atoms with Gasteiger partial charge in [-0.15, -0.1) is 0 Å². The number of nitrogens with zero attached hydrogens (tertiary/aromatic N) is 2. The molecule has 2 N–H and O–H groups in total. The molecule has 36 heavy (non-hydrogen) atoms. The summed E-state index contributed by atoms with van der Waals surface area (Å²) >= 11 is 6.32. The Labute approximate surface area is 210 Å². The Balaban J connectivity index is 1.22. The summed E-state index contributed by atoms with van der Waals surface area (Å²) in [5.74, 6) is -0.838. The maximum absolute atomic E-state index is 12.6. The smallest absolute Gasteiger partial charge is 0.272 e. The average Bonchev–Trinajstić information content (AvgIpc) is 3.13. The summed E-state index contributed by atoms with van der Waals surface area (Å²) in [5, 5.41) is 11.1. The maximum Gasteiger partial charge on any atom is 0.272 e. The van der Waals surface area contributed by atoms with Crippen molar-refractivity contribution in [2.45, 2.75) is 19.3 Å². The molecule has 180 valence electrons. The van der Waals surface area contributed by atoms with E-state index in [-0.39, 0.29) is 36.2 Å². The van der Waals surface area contributed by atoms with E-state index in [9.17, 15) is 19.2 Å². The molecule has 0 unspecified atom stereocenters. The molecule has 3 aromatic carbocycles. The lowest BCUT2D eigenvalue weighted by atomic mass is 10.0. The first kappa shape index (κ1) is 23.4. The van der Waals surface area contributed by atoms with E-state index >= 15 is 0 Å². The van der Waals surface area contributed by atoms with Gasteiger partial charge in [-0.25, -0.2) is 5.10 Å². The summed E-state index contributed by atoms with van der Waals surface area (Å²) in [6.07, 6.45) is 1.19. The number of hydrogen-bond donors (Lipinski definition) is 2. The van der Waals surface area contributed by atoms with Gasteiger partial charge in [-0.2, -0.15) is 5.10 Å². The first-order chi connectivity index (χ1) is 17.4. The van der Waals surface area contributed by atoms with Gasteiger partial charge in [0.1, 0.15) is 0 Å². The number of anilines is 1. The SMILES string of the molecule is O=C(CCCCN1C(=O)c2ccccc2C1=O)Nc1cc(-c2n[nH]c(=O)c3ccccc23)ccc1Cl. The molecule has 2 heterocycles. The lowest BCUT2D eigenvalue weighted by Gasteiger charge is -2.14. The number of fused-ring (bicyclic) bond motifs is 2. The molecule has 4 aromatic rings. The number of aromatic amines is 1. The summed E-state index contributed by atoms with van der Waals surface area (Å²) in [7, 11) is 0. The molecule has 1 aromatic heterocycles. The number of carbonyl (C=O) groups excluding carboxylic acids is 3. The van der Waals surface area contributed by atoms with Gasteiger partial charge >= 0.3 is 0 Å². The van der Waals surface area contributed by atoms with Gasteiger partial charge in [0.15, 0.2) is 0 Å². The van der Waals surface area contributed by atoms with Crippen LogP contribution in [0.25, 0.3) is 22.0 Å². The number of amides is 3. The van der Waals surface area contributed by atoms with Gasteiger partial charge in [-0.3, -0.25) is 24.1 Å². The Bertz CT molecular complexity index is 1540. The topological polar surface area (TPSA) is 112 Å². The van der Waals surface area contributed by atoms with E-state index in [2.05, 4.69) is 15.5 Å². The maximum atomic E-state index is 12.6. The summed E-state index contributed by atoms with van der Waals surface area (Å²) in [6.45, 7) is 0.251. The van der Waals surface area contributed by atoms with Crippen LogP contribution in [-0.2, 0) is 4.79 Å². The highest BCUT2D eigenvalue weighted by Crippen LogP contribution is 2.31. The number of nitrogens with one attached hydrogen (secondary N) is 2. The minimum Gasteiger partial charge on any atom is -0.325 e. The number of carbonyl (C=O) groups is 3. The van der Waals surface area contributed by atoms with Crippen LogP contribution in [0.2, 0.25) is 5.02 Å². The highest BCUT2D eigenvalue weighted by molar-refractivity contribution is 6.33. The highest BCUT2D eigenvalue weighted by atomic mass is 35.5. The van der Waals surface area contributed by atoms with Crippen LogP contribution in [0, 0.1) is 0 Å². The third-order valence-electron chi connectivity index (χ3n) is 6.12. The number of aromatic nitrogens is 2. The number of H-pyrrole nitrogens is 1. The Hall–Kier alpha value is -4.30. The minimum atomic E-state index is -0.299. The molecule has 0 fully saturated rings. The van der Waals surface area contributed by atoms with Crippen LogP contribution < -0.4 is 10.9 Å². The van der Waals surface area contributed by atoms with Gasteiger partial charge in [-0.05, 0) is 43.2 Å². The molecule has 1 aliphatic rings.